The minimum Gasteiger partial charge on any atom is -0.475 e. The number of carbonyl (C=O) groups excluding carboxylic acids is 2. The molecule has 1 unspecified atom stereocenters. The first kappa shape index (κ1) is 26.0. The van der Waals surface area contributed by atoms with Gasteiger partial charge < -0.3 is 19.7 Å². The third-order valence-corrected chi connectivity index (χ3v) is 6.03. The topological polar surface area (TPSA) is 80.8 Å². The van der Waals surface area contributed by atoms with Crippen molar-refractivity contribution in [2.24, 2.45) is 5.92 Å². The highest BCUT2D eigenvalue weighted by atomic mass is 35.5. The molecule has 2 aromatic rings. The molecule has 0 radical (unpaired) electrons. The van der Waals surface area contributed by atoms with Crippen molar-refractivity contribution in [3.8, 4) is 17.0 Å². The summed E-state index contributed by atoms with van der Waals surface area (Å²) in [5.41, 5.74) is 1.27. The smallest absolute Gasteiger partial charge is 0.258 e. The number of carbonyl (C=O) groups is 2. The average Bonchev–Trinajstić information content (AvgIpc) is 3.09. The molecule has 0 aliphatic carbocycles. The van der Waals surface area contributed by atoms with Crippen LogP contribution in [0.4, 0.5) is 0 Å². The van der Waals surface area contributed by atoms with E-state index in [0.717, 1.165) is 12.0 Å². The van der Waals surface area contributed by atoms with E-state index in [0.29, 0.717) is 47.5 Å². The fourth-order valence-corrected chi connectivity index (χ4v) is 4.26. The van der Waals surface area contributed by atoms with Gasteiger partial charge in [-0.3, -0.25) is 9.59 Å². The Hall–Kier alpha value is -2.64. The molecular weight excluding hydrogens is 454 g/mol. The molecular formula is C26H34ClN3O4. The molecule has 1 aliphatic rings. The van der Waals surface area contributed by atoms with Crippen LogP contribution in [0, 0.1) is 5.92 Å². The van der Waals surface area contributed by atoms with Gasteiger partial charge in [-0.1, -0.05) is 44.5 Å². The monoisotopic (exact) mass is 487 g/mol. The lowest BCUT2D eigenvalue weighted by Gasteiger charge is -2.34. The first-order chi connectivity index (χ1) is 16.1. The number of pyridine rings is 1. The maximum Gasteiger partial charge on any atom is 0.258 e. The molecule has 1 aliphatic heterocycles. The second kappa shape index (κ2) is 11.2. The molecule has 0 bridgehead atoms. The zero-order valence-electron chi connectivity index (χ0n) is 20.6. The van der Waals surface area contributed by atoms with Crippen LogP contribution in [0.5, 0.6) is 5.88 Å². The predicted molar refractivity (Wildman–Crippen MR) is 133 cm³/mol. The number of nitrogens with zero attached hydrogens (tertiary/aromatic N) is 2. The van der Waals surface area contributed by atoms with E-state index in [1.54, 1.807) is 31.3 Å². The molecule has 1 N–H and O–H groups in total. The van der Waals surface area contributed by atoms with Crippen LogP contribution >= 0.6 is 11.6 Å². The molecule has 1 saturated heterocycles. The highest BCUT2D eigenvalue weighted by molar-refractivity contribution is 6.30. The Kier molecular flexibility index (Phi) is 8.55. The minimum absolute atomic E-state index is 0.000384. The lowest BCUT2D eigenvalue weighted by atomic mass is 10.0. The van der Waals surface area contributed by atoms with E-state index in [1.807, 2.05) is 30.9 Å². The number of aromatic nitrogens is 1. The average molecular weight is 488 g/mol. The van der Waals surface area contributed by atoms with Crippen LogP contribution in [0.2, 0.25) is 5.02 Å². The fraction of sp³-hybridized carbons (Fsp3) is 0.500. The van der Waals surface area contributed by atoms with Gasteiger partial charge in [0.1, 0.15) is 12.3 Å². The standard InChI is InChI=1S/C26H34ClN3O4/c1-6-23(31)28-11-12-33-24-22(18-7-9-20(27)10-8-18)14-19(15-29-24)25(32)30-21(13-17(2)3)16-34-26(30,4)5/h7-10,14-15,17,21H,6,11-13,16H2,1-5H3,(H,28,31). The van der Waals surface area contributed by atoms with E-state index in [4.69, 9.17) is 21.1 Å². The summed E-state index contributed by atoms with van der Waals surface area (Å²) in [6.45, 7) is 11.1. The van der Waals surface area contributed by atoms with Crippen molar-refractivity contribution in [1.82, 2.24) is 15.2 Å². The summed E-state index contributed by atoms with van der Waals surface area (Å²) in [4.78, 5) is 31.5. The molecule has 34 heavy (non-hydrogen) atoms. The molecule has 184 valence electrons. The van der Waals surface area contributed by atoms with Gasteiger partial charge in [-0.15, -0.1) is 0 Å². The second-order valence-electron chi connectivity index (χ2n) is 9.35. The van der Waals surface area contributed by atoms with Crippen LogP contribution in [0.25, 0.3) is 11.1 Å². The van der Waals surface area contributed by atoms with Crippen molar-refractivity contribution in [3.63, 3.8) is 0 Å². The second-order valence-corrected chi connectivity index (χ2v) is 9.79. The molecule has 0 saturated carbocycles. The number of benzene rings is 1. The van der Waals surface area contributed by atoms with Crippen LogP contribution in [0.1, 0.15) is 57.8 Å². The molecule has 3 rings (SSSR count). The van der Waals surface area contributed by atoms with Crippen LogP contribution in [-0.4, -0.2) is 53.2 Å². The molecule has 0 spiro atoms. The largest absolute Gasteiger partial charge is 0.475 e. The normalized spacial score (nSPS) is 17.1. The van der Waals surface area contributed by atoms with Crippen molar-refractivity contribution in [3.05, 3.63) is 47.1 Å². The van der Waals surface area contributed by atoms with E-state index in [2.05, 4.69) is 24.1 Å². The number of hydrogen-bond acceptors (Lipinski definition) is 5. The van der Waals surface area contributed by atoms with Crippen molar-refractivity contribution < 1.29 is 19.1 Å². The van der Waals surface area contributed by atoms with Gasteiger partial charge in [-0.2, -0.15) is 0 Å². The minimum atomic E-state index is -0.705. The van der Waals surface area contributed by atoms with E-state index in [-0.39, 0.29) is 24.5 Å². The van der Waals surface area contributed by atoms with Gasteiger partial charge in [-0.05, 0) is 49.9 Å². The molecule has 1 aromatic carbocycles. The quantitative estimate of drug-likeness (QED) is 0.507. The summed E-state index contributed by atoms with van der Waals surface area (Å²) < 4.78 is 11.8. The van der Waals surface area contributed by atoms with Crippen molar-refractivity contribution in [2.45, 2.75) is 59.2 Å². The maximum atomic E-state index is 13.7. The van der Waals surface area contributed by atoms with Crippen LogP contribution in [-0.2, 0) is 9.53 Å². The Morgan fingerprint density at radius 1 is 1.29 bits per heavy atom. The van der Waals surface area contributed by atoms with Gasteiger partial charge >= 0.3 is 0 Å². The summed E-state index contributed by atoms with van der Waals surface area (Å²) in [6, 6.07) is 9.10. The van der Waals surface area contributed by atoms with E-state index in [1.165, 1.54) is 0 Å². The summed E-state index contributed by atoms with van der Waals surface area (Å²) in [7, 11) is 0. The number of nitrogens with one attached hydrogen (secondary N) is 1. The van der Waals surface area contributed by atoms with E-state index < -0.39 is 5.72 Å². The van der Waals surface area contributed by atoms with Gasteiger partial charge in [0.2, 0.25) is 11.8 Å². The summed E-state index contributed by atoms with van der Waals surface area (Å²) in [5.74, 6) is 0.657. The van der Waals surface area contributed by atoms with Gasteiger partial charge in [-0.25, -0.2) is 4.98 Å². The molecule has 7 nitrogen and oxygen atoms in total. The van der Waals surface area contributed by atoms with E-state index >= 15 is 0 Å². The number of halogens is 1. The third-order valence-electron chi connectivity index (χ3n) is 5.77. The molecule has 2 amide bonds. The summed E-state index contributed by atoms with van der Waals surface area (Å²) in [5, 5.41) is 3.39. The Labute approximate surface area is 206 Å². The highest BCUT2D eigenvalue weighted by Crippen LogP contribution is 2.34. The number of rotatable bonds is 9. The zero-order chi connectivity index (χ0) is 24.9. The van der Waals surface area contributed by atoms with Gasteiger partial charge in [0, 0.05) is 23.2 Å². The first-order valence-corrected chi connectivity index (χ1v) is 12.1. The zero-order valence-corrected chi connectivity index (χ0v) is 21.3. The molecule has 1 atom stereocenters. The van der Waals surface area contributed by atoms with Gasteiger partial charge in [0.15, 0.2) is 0 Å². The summed E-state index contributed by atoms with van der Waals surface area (Å²) >= 11 is 6.08. The Morgan fingerprint density at radius 3 is 2.65 bits per heavy atom. The third kappa shape index (κ3) is 6.27. The maximum absolute atomic E-state index is 13.7. The number of amides is 2. The fourth-order valence-electron chi connectivity index (χ4n) is 4.13. The molecule has 1 aromatic heterocycles. The molecule has 2 heterocycles. The Morgan fingerprint density at radius 2 is 2.00 bits per heavy atom. The lowest BCUT2D eigenvalue weighted by molar-refractivity contribution is -0.120. The van der Waals surface area contributed by atoms with Gasteiger partial charge in [0.25, 0.3) is 5.91 Å². The Bertz CT molecular complexity index is 1010. The number of hydrogen-bond donors (Lipinski definition) is 1. The van der Waals surface area contributed by atoms with Crippen molar-refractivity contribution >= 4 is 23.4 Å². The highest BCUT2D eigenvalue weighted by Gasteiger charge is 2.44. The SMILES string of the molecule is CCC(=O)NCCOc1ncc(C(=O)N2C(CC(C)C)COC2(C)C)cc1-c1ccc(Cl)cc1. The number of ether oxygens (including phenoxy) is 2. The van der Waals surface area contributed by atoms with Crippen LogP contribution in [0.3, 0.4) is 0 Å². The lowest BCUT2D eigenvalue weighted by Crippen LogP contribution is -2.48. The Balaban J connectivity index is 1.91. The predicted octanol–water partition coefficient (Wildman–Crippen LogP) is 4.93. The van der Waals surface area contributed by atoms with Crippen LogP contribution in [0.15, 0.2) is 36.5 Å². The van der Waals surface area contributed by atoms with Gasteiger partial charge in [0.05, 0.1) is 24.8 Å². The van der Waals surface area contributed by atoms with Crippen molar-refractivity contribution in [2.75, 3.05) is 19.8 Å². The van der Waals surface area contributed by atoms with Crippen molar-refractivity contribution in [1.29, 1.82) is 0 Å². The van der Waals surface area contributed by atoms with E-state index in [9.17, 15) is 9.59 Å². The molecule has 1 fully saturated rings. The summed E-state index contributed by atoms with van der Waals surface area (Å²) in [6.07, 6.45) is 2.82. The van der Waals surface area contributed by atoms with Crippen LogP contribution < -0.4 is 10.1 Å². The first-order valence-electron chi connectivity index (χ1n) is 11.8. The molecule has 8 heteroatoms.